The van der Waals surface area contributed by atoms with Gasteiger partial charge < -0.3 is 4.74 Å². The molecule has 3 aromatic rings. The number of amides is 1. The highest BCUT2D eigenvalue weighted by atomic mass is 16.6. The summed E-state index contributed by atoms with van der Waals surface area (Å²) < 4.78 is 5.27. The van der Waals surface area contributed by atoms with E-state index in [0.717, 1.165) is 16.7 Å². The zero-order chi connectivity index (χ0) is 21.8. The Labute approximate surface area is 176 Å². The van der Waals surface area contributed by atoms with Gasteiger partial charge in [-0.1, -0.05) is 56.3 Å². The van der Waals surface area contributed by atoms with E-state index in [1.165, 1.54) is 5.56 Å². The Morgan fingerprint density at radius 2 is 1.80 bits per heavy atom. The third-order valence-electron chi connectivity index (χ3n) is 4.75. The molecule has 0 saturated carbocycles. The third-order valence-corrected chi connectivity index (χ3v) is 4.75. The highest BCUT2D eigenvalue weighted by Gasteiger charge is 2.26. The molecular weight excluding hydrogens is 380 g/mol. The van der Waals surface area contributed by atoms with E-state index in [2.05, 4.69) is 63.5 Å². The fourth-order valence-electron chi connectivity index (χ4n) is 3.26. The zero-order valence-corrected chi connectivity index (χ0v) is 18.0. The predicted molar refractivity (Wildman–Crippen MR) is 114 cm³/mol. The Morgan fingerprint density at radius 1 is 1.07 bits per heavy atom. The Morgan fingerprint density at radius 3 is 2.43 bits per heavy atom. The van der Waals surface area contributed by atoms with E-state index in [4.69, 9.17) is 4.74 Å². The van der Waals surface area contributed by atoms with Crippen molar-refractivity contribution in [3.05, 3.63) is 65.2 Å². The van der Waals surface area contributed by atoms with Crippen LogP contribution in [0.1, 0.15) is 51.3 Å². The summed E-state index contributed by atoms with van der Waals surface area (Å²) in [5, 5.41) is 14.3. The first-order chi connectivity index (χ1) is 14.2. The number of aromatic amines is 1. The monoisotopic (exact) mass is 408 g/mol. The molecule has 30 heavy (non-hydrogen) atoms. The minimum absolute atomic E-state index is 0.288. The molecule has 8 nitrogen and oxygen atoms in total. The van der Waals surface area contributed by atoms with Crippen molar-refractivity contribution in [1.82, 2.24) is 31.5 Å². The molecule has 3 rings (SSSR count). The summed E-state index contributed by atoms with van der Waals surface area (Å²) in [4.78, 5) is 11.9. The van der Waals surface area contributed by atoms with Gasteiger partial charge in [0.1, 0.15) is 5.60 Å². The lowest BCUT2D eigenvalue weighted by atomic mass is 9.75. The largest absolute Gasteiger partial charge is 0.443 e. The van der Waals surface area contributed by atoms with Gasteiger partial charge in [-0.2, -0.15) is 5.21 Å². The summed E-state index contributed by atoms with van der Waals surface area (Å²) in [5.41, 5.74) is 8.89. The van der Waals surface area contributed by atoms with Crippen LogP contribution in [0.2, 0.25) is 0 Å². The van der Waals surface area contributed by atoms with E-state index < -0.39 is 11.7 Å². The minimum Gasteiger partial charge on any atom is -0.443 e. The van der Waals surface area contributed by atoms with E-state index in [1.54, 1.807) is 0 Å². The van der Waals surface area contributed by atoms with Gasteiger partial charge in [0.05, 0.1) is 0 Å². The van der Waals surface area contributed by atoms with Crippen molar-refractivity contribution in [2.45, 2.75) is 52.2 Å². The normalized spacial score (nSPS) is 11.9. The maximum atomic E-state index is 11.9. The van der Waals surface area contributed by atoms with Crippen molar-refractivity contribution in [2.75, 3.05) is 0 Å². The highest BCUT2D eigenvalue weighted by molar-refractivity contribution is 5.67. The highest BCUT2D eigenvalue weighted by Crippen LogP contribution is 2.35. The van der Waals surface area contributed by atoms with Crippen LogP contribution in [0.15, 0.2) is 48.5 Å². The van der Waals surface area contributed by atoms with Crippen molar-refractivity contribution in [3.8, 4) is 11.4 Å². The van der Waals surface area contributed by atoms with Crippen molar-refractivity contribution in [2.24, 2.45) is 0 Å². The Kier molecular flexibility index (Phi) is 6.17. The molecule has 0 fully saturated rings. The molecule has 1 heterocycles. The summed E-state index contributed by atoms with van der Waals surface area (Å²) in [5.74, 6) is 0.534. The summed E-state index contributed by atoms with van der Waals surface area (Å²) in [6, 6.07) is 16.3. The summed E-state index contributed by atoms with van der Waals surface area (Å²) in [6.45, 7) is 10.2. The van der Waals surface area contributed by atoms with Gasteiger partial charge in [0, 0.05) is 17.5 Å². The van der Waals surface area contributed by atoms with E-state index >= 15 is 0 Å². The molecule has 0 unspecified atom stereocenters. The van der Waals surface area contributed by atoms with Crippen molar-refractivity contribution in [3.63, 3.8) is 0 Å². The SMILES string of the molecule is CC(C)(C)OC(=O)NNCc1ccc(-c2nn[nH]n2)cc1C(C)(C)c1ccccc1. The molecule has 0 aliphatic heterocycles. The molecular formula is C22H28N6O2. The van der Waals surface area contributed by atoms with Crippen LogP contribution < -0.4 is 10.9 Å². The lowest BCUT2D eigenvalue weighted by Gasteiger charge is -2.29. The first-order valence-corrected chi connectivity index (χ1v) is 9.81. The number of hydrazine groups is 1. The lowest BCUT2D eigenvalue weighted by Crippen LogP contribution is -2.41. The van der Waals surface area contributed by atoms with E-state index in [0.29, 0.717) is 12.4 Å². The molecule has 2 aromatic carbocycles. The van der Waals surface area contributed by atoms with Crippen LogP contribution in [0, 0.1) is 0 Å². The van der Waals surface area contributed by atoms with Crippen molar-refractivity contribution >= 4 is 6.09 Å². The van der Waals surface area contributed by atoms with Gasteiger partial charge in [0.15, 0.2) is 0 Å². The molecule has 8 heteroatoms. The molecule has 0 bridgehead atoms. The van der Waals surface area contributed by atoms with Crippen LogP contribution in [0.3, 0.4) is 0 Å². The van der Waals surface area contributed by atoms with Crippen LogP contribution in [-0.2, 0) is 16.7 Å². The number of ether oxygens (including phenoxy) is 1. The topological polar surface area (TPSA) is 105 Å². The molecule has 0 saturated heterocycles. The van der Waals surface area contributed by atoms with E-state index in [-0.39, 0.29) is 5.41 Å². The van der Waals surface area contributed by atoms with Gasteiger partial charge in [0.2, 0.25) is 5.82 Å². The second-order valence-corrected chi connectivity index (χ2v) is 8.58. The average molecular weight is 409 g/mol. The molecule has 0 aliphatic rings. The van der Waals surface area contributed by atoms with Gasteiger partial charge in [0.25, 0.3) is 0 Å². The number of carbonyl (C=O) groups excluding carboxylic acids is 1. The minimum atomic E-state index is -0.557. The number of benzene rings is 2. The van der Waals surface area contributed by atoms with Crippen LogP contribution in [0.25, 0.3) is 11.4 Å². The molecule has 1 amide bonds. The summed E-state index contributed by atoms with van der Waals surface area (Å²) in [7, 11) is 0. The molecule has 0 radical (unpaired) electrons. The first-order valence-electron chi connectivity index (χ1n) is 9.81. The second-order valence-electron chi connectivity index (χ2n) is 8.58. The number of tetrazole rings is 1. The van der Waals surface area contributed by atoms with Gasteiger partial charge >= 0.3 is 6.09 Å². The molecule has 1 aromatic heterocycles. The van der Waals surface area contributed by atoms with Gasteiger partial charge in [-0.25, -0.2) is 10.2 Å². The van der Waals surface area contributed by atoms with Gasteiger partial charge in [-0.05, 0) is 48.7 Å². The van der Waals surface area contributed by atoms with Gasteiger partial charge in [-0.15, -0.1) is 10.2 Å². The standard InChI is InChI=1S/C22H28N6O2/c1-21(2,3)30-20(29)26-23-14-16-12-11-15(19-24-27-28-25-19)13-18(16)22(4,5)17-9-7-6-8-10-17/h6-13,23H,14H2,1-5H3,(H,26,29)(H,24,25,27,28). The van der Waals surface area contributed by atoms with Crippen LogP contribution >= 0.6 is 0 Å². The maximum Gasteiger partial charge on any atom is 0.422 e. The van der Waals surface area contributed by atoms with E-state index in [9.17, 15) is 4.79 Å². The summed E-state index contributed by atoms with van der Waals surface area (Å²) >= 11 is 0. The van der Waals surface area contributed by atoms with Gasteiger partial charge in [-0.3, -0.25) is 5.43 Å². The number of nitrogens with zero attached hydrogens (tertiary/aromatic N) is 3. The number of aromatic nitrogens is 4. The smallest absolute Gasteiger partial charge is 0.422 e. The molecule has 158 valence electrons. The number of H-pyrrole nitrogens is 1. The Bertz CT molecular complexity index is 979. The number of rotatable bonds is 6. The zero-order valence-electron chi connectivity index (χ0n) is 18.0. The second kappa shape index (κ2) is 8.62. The number of hydrogen-bond donors (Lipinski definition) is 3. The van der Waals surface area contributed by atoms with Crippen LogP contribution in [0.5, 0.6) is 0 Å². The fourth-order valence-corrected chi connectivity index (χ4v) is 3.26. The van der Waals surface area contributed by atoms with E-state index in [1.807, 2.05) is 51.1 Å². The van der Waals surface area contributed by atoms with Crippen molar-refractivity contribution in [1.29, 1.82) is 0 Å². The number of hydrogen-bond acceptors (Lipinski definition) is 6. The Balaban J connectivity index is 1.88. The molecule has 0 spiro atoms. The quantitative estimate of drug-likeness (QED) is 0.537. The Hall–Kier alpha value is -3.26. The maximum absolute atomic E-state index is 11.9. The average Bonchev–Trinajstić information content (AvgIpc) is 3.22. The first kappa shape index (κ1) is 21.4. The molecule has 0 aliphatic carbocycles. The number of nitrogens with one attached hydrogen (secondary N) is 3. The van der Waals surface area contributed by atoms with Crippen molar-refractivity contribution < 1.29 is 9.53 Å². The van der Waals surface area contributed by atoms with Crippen LogP contribution in [-0.4, -0.2) is 32.3 Å². The fraction of sp³-hybridized carbons (Fsp3) is 0.364. The number of carbonyl (C=O) groups is 1. The molecule has 0 atom stereocenters. The molecule has 3 N–H and O–H groups in total. The third kappa shape index (κ3) is 5.21. The lowest BCUT2D eigenvalue weighted by molar-refractivity contribution is 0.0497. The summed E-state index contributed by atoms with van der Waals surface area (Å²) in [6.07, 6.45) is -0.519. The predicted octanol–water partition coefficient (Wildman–Crippen LogP) is 3.72. The van der Waals surface area contributed by atoms with Crippen LogP contribution in [0.4, 0.5) is 4.79 Å².